The summed E-state index contributed by atoms with van der Waals surface area (Å²) in [5.41, 5.74) is 5.40. The Morgan fingerprint density at radius 3 is 2.34 bits per heavy atom. The molecule has 0 N–H and O–H groups in total. The summed E-state index contributed by atoms with van der Waals surface area (Å²) in [6.07, 6.45) is 2.30. The number of halogens is 1. The van der Waals surface area contributed by atoms with Crippen molar-refractivity contribution in [2.75, 3.05) is 44.7 Å². The number of hydrogen-bond acceptors (Lipinski definition) is 4. The van der Waals surface area contributed by atoms with Crippen LogP contribution in [0.25, 0.3) is 10.8 Å². The first kappa shape index (κ1) is 24.7. The molecule has 0 spiro atoms. The van der Waals surface area contributed by atoms with Gasteiger partial charge in [0.15, 0.2) is 0 Å². The van der Waals surface area contributed by atoms with Crippen LogP contribution in [0.3, 0.4) is 0 Å². The van der Waals surface area contributed by atoms with Crippen LogP contribution < -0.4 is 9.64 Å². The van der Waals surface area contributed by atoms with Gasteiger partial charge in [0.05, 0.1) is 18.5 Å². The van der Waals surface area contributed by atoms with Crippen molar-refractivity contribution >= 4 is 33.8 Å². The molecule has 38 heavy (non-hydrogen) atoms. The van der Waals surface area contributed by atoms with Crippen molar-refractivity contribution < 1.29 is 4.74 Å². The number of fused-ring (bicyclic) bond motifs is 1. The van der Waals surface area contributed by atoms with E-state index in [1.807, 2.05) is 24.3 Å². The number of benzene rings is 4. The van der Waals surface area contributed by atoms with E-state index in [0.717, 1.165) is 54.8 Å². The van der Waals surface area contributed by atoms with Crippen LogP contribution in [0.15, 0.2) is 108 Å². The maximum atomic E-state index is 6.19. The molecule has 2 aliphatic rings. The van der Waals surface area contributed by atoms with Gasteiger partial charge in [0, 0.05) is 37.7 Å². The summed E-state index contributed by atoms with van der Waals surface area (Å²) in [5, 5.41) is 3.23. The van der Waals surface area contributed by atoms with Gasteiger partial charge in [0.1, 0.15) is 11.3 Å². The van der Waals surface area contributed by atoms with Gasteiger partial charge >= 0.3 is 0 Å². The SMILES string of the molecule is COc1ccccc1N1CCN(CC2=CC(c3ccc(Cl)cc3)=NC2(C)c2cccc3ccccc23)CC1. The van der Waals surface area contributed by atoms with Gasteiger partial charge in [-0.25, -0.2) is 0 Å². The molecule has 1 saturated heterocycles. The van der Waals surface area contributed by atoms with E-state index in [1.54, 1.807) is 7.11 Å². The van der Waals surface area contributed by atoms with Gasteiger partial charge in [0.25, 0.3) is 0 Å². The fourth-order valence-electron chi connectivity index (χ4n) is 5.78. The first-order valence-electron chi connectivity index (χ1n) is 13.2. The second kappa shape index (κ2) is 10.3. The molecule has 1 fully saturated rings. The van der Waals surface area contributed by atoms with Gasteiger partial charge in [-0.05, 0) is 64.7 Å². The second-order valence-corrected chi connectivity index (χ2v) is 10.6. The van der Waals surface area contributed by atoms with Crippen LogP contribution in [0, 0.1) is 0 Å². The molecule has 4 aromatic rings. The molecule has 0 amide bonds. The van der Waals surface area contributed by atoms with Crippen molar-refractivity contribution in [1.82, 2.24) is 4.90 Å². The molecule has 4 aromatic carbocycles. The van der Waals surface area contributed by atoms with Crippen molar-refractivity contribution in [3.05, 3.63) is 119 Å². The average Bonchev–Trinajstić information content (AvgIpc) is 3.30. The molecule has 2 aliphatic heterocycles. The van der Waals surface area contributed by atoms with Gasteiger partial charge in [0.2, 0.25) is 0 Å². The van der Waals surface area contributed by atoms with Crippen LogP contribution >= 0.6 is 11.6 Å². The third kappa shape index (κ3) is 4.59. The Morgan fingerprint density at radius 1 is 0.842 bits per heavy atom. The molecule has 1 unspecified atom stereocenters. The molecule has 0 aliphatic carbocycles. The van der Waals surface area contributed by atoms with Crippen LogP contribution in [0.1, 0.15) is 18.1 Å². The molecule has 0 radical (unpaired) electrons. The number of anilines is 1. The standard InChI is InChI=1S/C33H32ClN3O/c1-33(29-11-7-9-24-8-3-4-10-28(24)29)26(22-30(35-33)25-14-16-27(34)17-15-25)23-36-18-20-37(21-19-36)31-12-5-6-13-32(31)38-2/h3-17,22H,18-21,23H2,1-2H3. The number of ether oxygens (including phenoxy) is 1. The summed E-state index contributed by atoms with van der Waals surface area (Å²) in [5.74, 6) is 0.934. The second-order valence-electron chi connectivity index (χ2n) is 10.2. The lowest BCUT2D eigenvalue weighted by Gasteiger charge is -2.38. The first-order valence-corrected chi connectivity index (χ1v) is 13.6. The highest BCUT2D eigenvalue weighted by Gasteiger charge is 2.38. The zero-order valence-electron chi connectivity index (χ0n) is 21.9. The number of aliphatic imine (C=N–C) groups is 1. The Balaban J connectivity index is 1.31. The molecule has 5 heteroatoms. The number of piperazine rings is 1. The molecular weight excluding hydrogens is 490 g/mol. The lowest BCUT2D eigenvalue weighted by atomic mass is 9.82. The van der Waals surface area contributed by atoms with E-state index >= 15 is 0 Å². The number of methoxy groups -OCH3 is 1. The number of nitrogens with zero attached hydrogens (tertiary/aromatic N) is 3. The van der Waals surface area contributed by atoms with Crippen LogP contribution in [-0.4, -0.2) is 50.4 Å². The molecule has 0 bridgehead atoms. The van der Waals surface area contributed by atoms with Crippen molar-refractivity contribution in [1.29, 1.82) is 0 Å². The van der Waals surface area contributed by atoms with E-state index in [1.165, 1.54) is 27.6 Å². The van der Waals surface area contributed by atoms with Crippen LogP contribution in [-0.2, 0) is 5.54 Å². The monoisotopic (exact) mass is 521 g/mol. The molecule has 6 rings (SSSR count). The maximum absolute atomic E-state index is 6.19. The molecule has 0 aromatic heterocycles. The normalized spacial score (nSPS) is 19.9. The topological polar surface area (TPSA) is 28.1 Å². The van der Waals surface area contributed by atoms with Gasteiger partial charge in [-0.3, -0.25) is 9.89 Å². The molecule has 192 valence electrons. The fourth-order valence-corrected chi connectivity index (χ4v) is 5.91. The minimum Gasteiger partial charge on any atom is -0.495 e. The Labute approximate surface area is 229 Å². The minimum absolute atomic E-state index is 0.449. The third-order valence-electron chi connectivity index (χ3n) is 7.93. The van der Waals surface area contributed by atoms with E-state index in [0.29, 0.717) is 0 Å². The van der Waals surface area contributed by atoms with Gasteiger partial charge in [-0.15, -0.1) is 0 Å². The van der Waals surface area contributed by atoms with Gasteiger partial charge < -0.3 is 9.64 Å². The number of rotatable bonds is 6. The Morgan fingerprint density at radius 2 is 1.55 bits per heavy atom. The molecular formula is C33H32ClN3O. The molecule has 1 atom stereocenters. The van der Waals surface area contributed by atoms with Gasteiger partial charge in [-0.1, -0.05) is 78.3 Å². The van der Waals surface area contributed by atoms with E-state index in [-0.39, 0.29) is 0 Å². The first-order chi connectivity index (χ1) is 18.5. The largest absolute Gasteiger partial charge is 0.495 e. The van der Waals surface area contributed by atoms with E-state index in [4.69, 9.17) is 21.3 Å². The summed E-state index contributed by atoms with van der Waals surface area (Å²) >= 11 is 6.19. The predicted octanol–water partition coefficient (Wildman–Crippen LogP) is 6.97. The van der Waals surface area contributed by atoms with Crippen LogP contribution in [0.2, 0.25) is 5.02 Å². The third-order valence-corrected chi connectivity index (χ3v) is 8.18. The maximum Gasteiger partial charge on any atom is 0.142 e. The quantitative estimate of drug-likeness (QED) is 0.274. The summed E-state index contributed by atoms with van der Waals surface area (Å²) in [6.45, 7) is 7.04. The fraction of sp³-hybridized carbons (Fsp3) is 0.242. The highest BCUT2D eigenvalue weighted by molar-refractivity contribution is 6.30. The smallest absolute Gasteiger partial charge is 0.142 e. The van der Waals surface area contributed by atoms with Crippen molar-refractivity contribution in [2.45, 2.75) is 12.5 Å². The van der Waals surface area contributed by atoms with E-state index in [9.17, 15) is 0 Å². The van der Waals surface area contributed by atoms with Crippen molar-refractivity contribution in [3.63, 3.8) is 0 Å². The Kier molecular flexibility index (Phi) is 6.69. The predicted molar refractivity (Wildman–Crippen MR) is 159 cm³/mol. The van der Waals surface area contributed by atoms with E-state index < -0.39 is 5.54 Å². The summed E-state index contributed by atoms with van der Waals surface area (Å²) in [7, 11) is 1.74. The Bertz CT molecular complexity index is 1510. The highest BCUT2D eigenvalue weighted by Crippen LogP contribution is 2.42. The summed E-state index contributed by atoms with van der Waals surface area (Å²) < 4.78 is 5.62. The van der Waals surface area contributed by atoms with Crippen molar-refractivity contribution in [3.8, 4) is 5.75 Å². The molecule has 0 saturated carbocycles. The lowest BCUT2D eigenvalue weighted by Crippen LogP contribution is -2.47. The summed E-state index contributed by atoms with van der Waals surface area (Å²) in [4.78, 5) is 10.4. The molecule has 2 heterocycles. The van der Waals surface area contributed by atoms with Crippen LogP contribution in [0.4, 0.5) is 5.69 Å². The van der Waals surface area contributed by atoms with Gasteiger partial charge in [-0.2, -0.15) is 0 Å². The number of para-hydroxylation sites is 2. The van der Waals surface area contributed by atoms with E-state index in [2.05, 4.69) is 89.5 Å². The minimum atomic E-state index is -0.449. The molecule has 4 nitrogen and oxygen atoms in total. The van der Waals surface area contributed by atoms with Crippen molar-refractivity contribution in [2.24, 2.45) is 4.99 Å². The Hall–Kier alpha value is -3.60. The lowest BCUT2D eigenvalue weighted by molar-refractivity contribution is 0.268. The zero-order valence-corrected chi connectivity index (χ0v) is 22.7. The number of allylic oxidation sites excluding steroid dienone is 1. The van der Waals surface area contributed by atoms with Crippen LogP contribution in [0.5, 0.6) is 5.75 Å². The average molecular weight is 522 g/mol. The highest BCUT2D eigenvalue weighted by atomic mass is 35.5. The summed E-state index contributed by atoms with van der Waals surface area (Å²) in [6, 6.07) is 31.5. The number of hydrogen-bond donors (Lipinski definition) is 0. The zero-order chi connectivity index (χ0) is 26.1.